The van der Waals surface area contributed by atoms with Crippen molar-refractivity contribution in [2.45, 2.75) is 45.9 Å². The minimum absolute atomic E-state index is 0.485. The van der Waals surface area contributed by atoms with E-state index in [4.69, 9.17) is 9.15 Å². The van der Waals surface area contributed by atoms with Crippen LogP contribution in [0, 0.1) is 13.8 Å². The fraction of sp³-hybridized carbons (Fsp3) is 0.412. The van der Waals surface area contributed by atoms with Crippen LogP contribution in [0.1, 0.15) is 35.3 Å². The summed E-state index contributed by atoms with van der Waals surface area (Å²) in [5, 5.41) is 3.50. The maximum Gasteiger partial charge on any atom is 0.146 e. The molecule has 3 rings (SSSR count). The summed E-state index contributed by atoms with van der Waals surface area (Å²) in [6.45, 7) is 5.51. The molecule has 0 saturated heterocycles. The fourth-order valence-electron chi connectivity index (χ4n) is 2.30. The molecule has 0 bridgehead atoms. The molecule has 0 amide bonds. The van der Waals surface area contributed by atoms with Crippen LogP contribution in [0.4, 0.5) is 0 Å². The monoisotopic (exact) mass is 271 g/mol. The van der Waals surface area contributed by atoms with E-state index in [2.05, 4.69) is 31.3 Å². The van der Waals surface area contributed by atoms with Crippen LogP contribution in [0.2, 0.25) is 0 Å². The summed E-state index contributed by atoms with van der Waals surface area (Å²) in [4.78, 5) is 0. The van der Waals surface area contributed by atoms with E-state index in [9.17, 15) is 0 Å². The van der Waals surface area contributed by atoms with Gasteiger partial charge in [-0.2, -0.15) is 0 Å². The molecule has 0 unspecified atom stereocenters. The van der Waals surface area contributed by atoms with Gasteiger partial charge in [0, 0.05) is 18.2 Å². The van der Waals surface area contributed by atoms with Crippen LogP contribution < -0.4 is 10.1 Å². The number of hydrogen-bond acceptors (Lipinski definition) is 3. The molecule has 0 radical (unpaired) electrons. The van der Waals surface area contributed by atoms with E-state index in [0.717, 1.165) is 23.6 Å². The quantitative estimate of drug-likeness (QED) is 0.869. The van der Waals surface area contributed by atoms with Crippen molar-refractivity contribution in [1.29, 1.82) is 0 Å². The van der Waals surface area contributed by atoms with Gasteiger partial charge in [-0.25, -0.2) is 0 Å². The normalized spacial score (nSPS) is 14.5. The first kappa shape index (κ1) is 13.3. The fourth-order valence-corrected chi connectivity index (χ4v) is 2.30. The Hall–Kier alpha value is -1.74. The molecule has 2 aromatic rings. The van der Waals surface area contributed by atoms with Gasteiger partial charge in [-0.15, -0.1) is 0 Å². The molecule has 1 N–H and O–H groups in total. The van der Waals surface area contributed by atoms with Gasteiger partial charge in [-0.1, -0.05) is 17.7 Å². The largest absolute Gasteiger partial charge is 0.485 e. The van der Waals surface area contributed by atoms with Crippen molar-refractivity contribution in [3.63, 3.8) is 0 Å². The minimum Gasteiger partial charge on any atom is -0.485 e. The van der Waals surface area contributed by atoms with Crippen LogP contribution >= 0.6 is 0 Å². The van der Waals surface area contributed by atoms with Crippen molar-refractivity contribution in [2.75, 3.05) is 0 Å². The highest BCUT2D eigenvalue weighted by atomic mass is 16.5. The molecule has 1 aliphatic carbocycles. The predicted octanol–water partition coefficient (Wildman–Crippen LogP) is 3.73. The zero-order valence-corrected chi connectivity index (χ0v) is 12.1. The lowest BCUT2D eigenvalue weighted by molar-refractivity contribution is 0.266. The average molecular weight is 271 g/mol. The van der Waals surface area contributed by atoms with Crippen molar-refractivity contribution < 1.29 is 9.15 Å². The van der Waals surface area contributed by atoms with Crippen molar-refractivity contribution >= 4 is 0 Å². The van der Waals surface area contributed by atoms with Crippen LogP contribution in [0.3, 0.4) is 0 Å². The van der Waals surface area contributed by atoms with E-state index in [1.807, 2.05) is 12.1 Å². The van der Waals surface area contributed by atoms with E-state index < -0.39 is 0 Å². The highest BCUT2D eigenvalue weighted by Gasteiger charge is 2.21. The van der Waals surface area contributed by atoms with Gasteiger partial charge in [0.15, 0.2) is 0 Å². The lowest BCUT2D eigenvalue weighted by atomic mass is 10.1. The van der Waals surface area contributed by atoms with Gasteiger partial charge in [-0.05, 0) is 44.4 Å². The zero-order chi connectivity index (χ0) is 13.9. The number of furan rings is 1. The third-order valence-electron chi connectivity index (χ3n) is 3.69. The van der Waals surface area contributed by atoms with Crippen LogP contribution in [0.5, 0.6) is 5.75 Å². The molecule has 106 valence electrons. The van der Waals surface area contributed by atoms with E-state index in [1.165, 1.54) is 24.0 Å². The van der Waals surface area contributed by atoms with E-state index in [0.29, 0.717) is 12.6 Å². The molecule has 1 aliphatic rings. The summed E-state index contributed by atoms with van der Waals surface area (Å²) < 4.78 is 11.4. The lowest BCUT2D eigenvalue weighted by Crippen LogP contribution is -2.16. The summed E-state index contributed by atoms with van der Waals surface area (Å²) in [7, 11) is 0. The molecule has 1 saturated carbocycles. The van der Waals surface area contributed by atoms with Crippen LogP contribution in [0.15, 0.2) is 34.9 Å². The van der Waals surface area contributed by atoms with Crippen LogP contribution in [-0.2, 0) is 13.2 Å². The second kappa shape index (κ2) is 5.71. The van der Waals surface area contributed by atoms with E-state index in [1.54, 1.807) is 6.26 Å². The molecule has 0 atom stereocenters. The van der Waals surface area contributed by atoms with Gasteiger partial charge < -0.3 is 14.5 Å². The summed E-state index contributed by atoms with van der Waals surface area (Å²) in [6, 6.07) is 8.96. The molecule has 1 aromatic heterocycles. The first-order valence-corrected chi connectivity index (χ1v) is 7.21. The Bertz CT molecular complexity index is 584. The Balaban J connectivity index is 1.61. The third kappa shape index (κ3) is 3.23. The Morgan fingerprint density at radius 1 is 1.25 bits per heavy atom. The standard InChI is InChI=1S/C17H21NO2/c1-12-3-6-16(13(2)9-12)20-11-17-14(7-8-19-17)10-18-15-4-5-15/h3,6-9,15,18H,4-5,10-11H2,1-2H3. The number of nitrogens with one attached hydrogen (secondary N) is 1. The smallest absolute Gasteiger partial charge is 0.146 e. The molecule has 3 nitrogen and oxygen atoms in total. The second-order valence-electron chi connectivity index (χ2n) is 5.58. The number of hydrogen-bond donors (Lipinski definition) is 1. The predicted molar refractivity (Wildman–Crippen MR) is 78.8 cm³/mol. The van der Waals surface area contributed by atoms with Gasteiger partial charge in [-0.3, -0.25) is 0 Å². The summed E-state index contributed by atoms with van der Waals surface area (Å²) >= 11 is 0. The van der Waals surface area contributed by atoms with E-state index >= 15 is 0 Å². The molecule has 1 aromatic carbocycles. The van der Waals surface area contributed by atoms with Gasteiger partial charge >= 0.3 is 0 Å². The molecule has 3 heteroatoms. The van der Waals surface area contributed by atoms with Crippen molar-refractivity contribution in [3.05, 3.63) is 53.0 Å². The molecular formula is C17H21NO2. The molecule has 1 fully saturated rings. The first-order valence-electron chi connectivity index (χ1n) is 7.21. The molecule has 0 spiro atoms. The maximum atomic E-state index is 5.88. The van der Waals surface area contributed by atoms with Gasteiger partial charge in [0.2, 0.25) is 0 Å². The second-order valence-corrected chi connectivity index (χ2v) is 5.58. The Kier molecular flexibility index (Phi) is 3.79. The van der Waals surface area contributed by atoms with Crippen molar-refractivity contribution in [2.24, 2.45) is 0 Å². The lowest BCUT2D eigenvalue weighted by Gasteiger charge is -2.10. The van der Waals surface area contributed by atoms with Crippen molar-refractivity contribution in [3.8, 4) is 5.75 Å². The van der Waals surface area contributed by atoms with Crippen LogP contribution in [0.25, 0.3) is 0 Å². The molecule has 0 aliphatic heterocycles. The minimum atomic E-state index is 0.485. The highest BCUT2D eigenvalue weighted by molar-refractivity contribution is 5.35. The van der Waals surface area contributed by atoms with E-state index in [-0.39, 0.29) is 0 Å². The van der Waals surface area contributed by atoms with Gasteiger partial charge in [0.05, 0.1) is 6.26 Å². The Morgan fingerprint density at radius 3 is 2.85 bits per heavy atom. The first-order chi connectivity index (χ1) is 9.72. The summed E-state index contributed by atoms with van der Waals surface area (Å²) in [5.74, 6) is 1.84. The van der Waals surface area contributed by atoms with Gasteiger partial charge in [0.1, 0.15) is 18.1 Å². The summed E-state index contributed by atoms with van der Waals surface area (Å²) in [6.07, 6.45) is 4.34. The Labute approximate surface area is 119 Å². The van der Waals surface area contributed by atoms with Crippen molar-refractivity contribution in [1.82, 2.24) is 5.32 Å². The van der Waals surface area contributed by atoms with Crippen LogP contribution in [-0.4, -0.2) is 6.04 Å². The summed E-state index contributed by atoms with van der Waals surface area (Å²) in [5.41, 5.74) is 3.61. The highest BCUT2D eigenvalue weighted by Crippen LogP contribution is 2.23. The molecule has 20 heavy (non-hydrogen) atoms. The number of rotatable bonds is 6. The van der Waals surface area contributed by atoms with Gasteiger partial charge in [0.25, 0.3) is 0 Å². The topological polar surface area (TPSA) is 34.4 Å². The third-order valence-corrected chi connectivity index (χ3v) is 3.69. The average Bonchev–Trinajstić information content (AvgIpc) is 3.14. The molecular weight excluding hydrogens is 250 g/mol. The number of aryl methyl sites for hydroxylation is 2. The SMILES string of the molecule is Cc1ccc(OCc2occc2CNC2CC2)c(C)c1. The number of benzene rings is 1. The Morgan fingerprint density at radius 2 is 2.10 bits per heavy atom. The zero-order valence-electron chi connectivity index (χ0n) is 12.1. The molecule has 1 heterocycles. The number of ether oxygens (including phenoxy) is 1. The maximum absolute atomic E-state index is 5.88.